The molecule has 5 heteroatoms. The minimum Gasteiger partial charge on any atom is -0.392 e. The quantitative estimate of drug-likeness (QED) is 0.708. The number of sulfonamides is 1. The zero-order valence-electron chi connectivity index (χ0n) is 10.7. The Balaban J connectivity index is 2.48. The lowest BCUT2D eigenvalue weighted by atomic mass is 10.2. The number of hydrogen-bond donors (Lipinski definition) is 2. The van der Waals surface area contributed by atoms with Crippen molar-refractivity contribution in [1.82, 2.24) is 4.72 Å². The fourth-order valence-electron chi connectivity index (χ4n) is 1.61. The summed E-state index contributed by atoms with van der Waals surface area (Å²) in [5.41, 5.74) is 1.52. The van der Waals surface area contributed by atoms with Gasteiger partial charge in [-0.25, -0.2) is 13.1 Å². The van der Waals surface area contributed by atoms with Crippen LogP contribution in [0.1, 0.15) is 37.3 Å². The fraction of sp³-hybridized carbons (Fsp3) is 0.538. The van der Waals surface area contributed by atoms with Crippen molar-refractivity contribution < 1.29 is 13.5 Å². The Kier molecular flexibility index (Phi) is 6.32. The van der Waals surface area contributed by atoms with E-state index in [-0.39, 0.29) is 12.4 Å². The SMILES string of the molecule is CCCCCNS(=O)(=O)Cc1ccc(CO)cc1. The van der Waals surface area contributed by atoms with Gasteiger partial charge in [-0.15, -0.1) is 0 Å². The van der Waals surface area contributed by atoms with Crippen molar-refractivity contribution in [2.24, 2.45) is 0 Å². The Morgan fingerprint density at radius 2 is 1.72 bits per heavy atom. The van der Waals surface area contributed by atoms with Crippen LogP contribution in [0.2, 0.25) is 0 Å². The molecule has 0 atom stereocenters. The first-order valence-electron chi connectivity index (χ1n) is 6.23. The van der Waals surface area contributed by atoms with Gasteiger partial charge in [-0.3, -0.25) is 0 Å². The zero-order chi connectivity index (χ0) is 13.4. The van der Waals surface area contributed by atoms with Crippen LogP contribution in [0, 0.1) is 0 Å². The van der Waals surface area contributed by atoms with Crippen molar-refractivity contribution in [1.29, 1.82) is 0 Å². The third-order valence-electron chi connectivity index (χ3n) is 2.66. The molecule has 0 aromatic heterocycles. The third-order valence-corrected chi connectivity index (χ3v) is 4.02. The molecule has 0 saturated heterocycles. The zero-order valence-corrected chi connectivity index (χ0v) is 11.5. The van der Waals surface area contributed by atoms with E-state index < -0.39 is 10.0 Å². The first-order chi connectivity index (χ1) is 8.57. The maximum atomic E-state index is 11.8. The number of benzene rings is 1. The Bertz CT molecular complexity index is 440. The maximum Gasteiger partial charge on any atom is 0.215 e. The molecular weight excluding hydrogens is 250 g/mol. The van der Waals surface area contributed by atoms with Crippen molar-refractivity contribution in [3.63, 3.8) is 0 Å². The van der Waals surface area contributed by atoms with Gasteiger partial charge in [-0.05, 0) is 17.5 Å². The summed E-state index contributed by atoms with van der Waals surface area (Å²) in [5, 5.41) is 8.90. The summed E-state index contributed by atoms with van der Waals surface area (Å²) in [7, 11) is -3.25. The number of unbranched alkanes of at least 4 members (excludes halogenated alkanes) is 2. The Hall–Kier alpha value is -0.910. The second kappa shape index (κ2) is 7.51. The molecule has 0 saturated carbocycles. The minimum atomic E-state index is -3.25. The molecule has 0 spiro atoms. The van der Waals surface area contributed by atoms with Crippen LogP contribution in [0.15, 0.2) is 24.3 Å². The number of rotatable bonds is 8. The van der Waals surface area contributed by atoms with E-state index in [4.69, 9.17) is 5.11 Å². The smallest absolute Gasteiger partial charge is 0.215 e. The first kappa shape index (κ1) is 15.1. The number of aliphatic hydroxyl groups excluding tert-OH is 1. The molecule has 0 amide bonds. The normalized spacial score (nSPS) is 11.7. The highest BCUT2D eigenvalue weighted by Gasteiger charge is 2.10. The summed E-state index contributed by atoms with van der Waals surface area (Å²) < 4.78 is 26.1. The third kappa shape index (κ3) is 5.62. The second-order valence-corrected chi connectivity index (χ2v) is 6.14. The molecule has 18 heavy (non-hydrogen) atoms. The number of hydrogen-bond acceptors (Lipinski definition) is 3. The highest BCUT2D eigenvalue weighted by molar-refractivity contribution is 7.88. The Morgan fingerprint density at radius 3 is 2.28 bits per heavy atom. The lowest BCUT2D eigenvalue weighted by Gasteiger charge is -2.07. The van der Waals surface area contributed by atoms with Crippen molar-refractivity contribution in [2.75, 3.05) is 6.54 Å². The van der Waals surface area contributed by atoms with Crippen LogP contribution < -0.4 is 4.72 Å². The monoisotopic (exact) mass is 271 g/mol. The van der Waals surface area contributed by atoms with Crippen molar-refractivity contribution in [3.05, 3.63) is 35.4 Å². The molecule has 0 heterocycles. The summed E-state index contributed by atoms with van der Waals surface area (Å²) >= 11 is 0. The Labute approximate surface area is 109 Å². The molecule has 1 aromatic rings. The average Bonchev–Trinajstić information content (AvgIpc) is 2.35. The van der Waals surface area contributed by atoms with E-state index in [1.54, 1.807) is 24.3 Å². The molecule has 0 aliphatic rings. The lowest BCUT2D eigenvalue weighted by molar-refractivity contribution is 0.282. The molecule has 1 rings (SSSR count). The van der Waals surface area contributed by atoms with Gasteiger partial charge in [0.25, 0.3) is 0 Å². The second-order valence-electron chi connectivity index (χ2n) is 4.34. The van der Waals surface area contributed by atoms with Gasteiger partial charge < -0.3 is 5.11 Å². The highest BCUT2D eigenvalue weighted by atomic mass is 32.2. The largest absolute Gasteiger partial charge is 0.392 e. The molecule has 0 aliphatic heterocycles. The molecule has 0 fully saturated rings. The molecule has 0 bridgehead atoms. The summed E-state index contributed by atoms with van der Waals surface area (Å²) in [4.78, 5) is 0. The van der Waals surface area contributed by atoms with E-state index in [1.165, 1.54) is 0 Å². The Morgan fingerprint density at radius 1 is 1.11 bits per heavy atom. The predicted molar refractivity (Wildman–Crippen MR) is 72.5 cm³/mol. The number of nitrogens with one attached hydrogen (secondary N) is 1. The van der Waals surface area contributed by atoms with Gasteiger partial charge in [0.1, 0.15) is 0 Å². The van der Waals surface area contributed by atoms with Gasteiger partial charge in [0.2, 0.25) is 10.0 Å². The van der Waals surface area contributed by atoms with E-state index in [1.807, 2.05) is 0 Å². The highest BCUT2D eigenvalue weighted by Crippen LogP contribution is 2.08. The molecular formula is C13H21NO3S. The van der Waals surface area contributed by atoms with Gasteiger partial charge >= 0.3 is 0 Å². The van der Waals surface area contributed by atoms with E-state index in [9.17, 15) is 8.42 Å². The van der Waals surface area contributed by atoms with Crippen molar-refractivity contribution >= 4 is 10.0 Å². The lowest BCUT2D eigenvalue weighted by Crippen LogP contribution is -2.26. The topological polar surface area (TPSA) is 66.4 Å². The van der Waals surface area contributed by atoms with Crippen LogP contribution in [0.25, 0.3) is 0 Å². The predicted octanol–water partition coefficient (Wildman–Crippen LogP) is 1.79. The number of aliphatic hydroxyl groups is 1. The maximum absolute atomic E-state index is 11.8. The summed E-state index contributed by atoms with van der Waals surface area (Å²) in [6.45, 7) is 2.56. The van der Waals surface area contributed by atoms with Crippen LogP contribution in [0.3, 0.4) is 0 Å². The van der Waals surface area contributed by atoms with Gasteiger partial charge in [-0.2, -0.15) is 0 Å². The minimum absolute atomic E-state index is 0.00909. The molecule has 0 unspecified atom stereocenters. The van der Waals surface area contributed by atoms with E-state index >= 15 is 0 Å². The van der Waals surface area contributed by atoms with E-state index in [2.05, 4.69) is 11.6 Å². The molecule has 0 radical (unpaired) electrons. The van der Waals surface area contributed by atoms with E-state index in [0.717, 1.165) is 30.4 Å². The van der Waals surface area contributed by atoms with Gasteiger partial charge in [0, 0.05) is 6.54 Å². The summed E-state index contributed by atoms with van der Waals surface area (Å²) in [6, 6.07) is 6.94. The molecule has 1 aromatic carbocycles. The van der Waals surface area contributed by atoms with Crippen molar-refractivity contribution in [3.8, 4) is 0 Å². The molecule has 4 nitrogen and oxygen atoms in total. The van der Waals surface area contributed by atoms with Gasteiger partial charge in [0.15, 0.2) is 0 Å². The molecule has 102 valence electrons. The first-order valence-corrected chi connectivity index (χ1v) is 7.88. The molecule has 0 aliphatic carbocycles. The van der Waals surface area contributed by atoms with Gasteiger partial charge in [0.05, 0.1) is 12.4 Å². The standard InChI is InChI=1S/C13H21NO3S/c1-2-3-4-9-14-18(16,17)11-13-7-5-12(10-15)6-8-13/h5-8,14-15H,2-4,9-11H2,1H3. The van der Waals surface area contributed by atoms with Crippen LogP contribution in [-0.2, 0) is 22.4 Å². The fourth-order valence-corrected chi connectivity index (χ4v) is 2.80. The summed E-state index contributed by atoms with van der Waals surface area (Å²) in [5.74, 6) is -0.00909. The van der Waals surface area contributed by atoms with Gasteiger partial charge in [-0.1, -0.05) is 44.0 Å². The average molecular weight is 271 g/mol. The van der Waals surface area contributed by atoms with Crippen LogP contribution >= 0.6 is 0 Å². The van der Waals surface area contributed by atoms with Crippen LogP contribution in [0.4, 0.5) is 0 Å². The van der Waals surface area contributed by atoms with E-state index in [0.29, 0.717) is 6.54 Å². The van der Waals surface area contributed by atoms with Crippen LogP contribution in [0.5, 0.6) is 0 Å². The summed E-state index contributed by atoms with van der Waals surface area (Å²) in [6.07, 6.45) is 2.98. The van der Waals surface area contributed by atoms with Crippen LogP contribution in [-0.4, -0.2) is 20.1 Å². The van der Waals surface area contributed by atoms with Crippen molar-refractivity contribution in [2.45, 2.75) is 38.5 Å². The molecule has 2 N–H and O–H groups in total.